The fraction of sp³-hybridized carbons (Fsp3) is 0.417. The summed E-state index contributed by atoms with van der Waals surface area (Å²) in [6.45, 7) is 1.08. The van der Waals surface area contributed by atoms with Crippen molar-refractivity contribution < 1.29 is 18.0 Å². The average Bonchev–Trinajstić information content (AvgIpc) is 2.23. The zero-order valence-electron chi connectivity index (χ0n) is 9.55. The van der Waals surface area contributed by atoms with Crippen LogP contribution in [-0.4, -0.2) is 18.5 Å². The third kappa shape index (κ3) is 3.01. The lowest BCUT2D eigenvalue weighted by Crippen LogP contribution is -2.52. The molecule has 6 heteroatoms. The summed E-state index contributed by atoms with van der Waals surface area (Å²) in [6, 6.07) is 4.63. The maximum absolute atomic E-state index is 12.3. The minimum absolute atomic E-state index is 0.110. The van der Waals surface area contributed by atoms with Crippen molar-refractivity contribution in [1.82, 2.24) is 10.6 Å². The second-order valence-electron chi connectivity index (χ2n) is 4.21. The number of alkyl halides is 3. The molecular formula is C12H13F3N2O. The van der Waals surface area contributed by atoms with Crippen LogP contribution >= 0.6 is 0 Å². The molecule has 98 valence electrons. The van der Waals surface area contributed by atoms with Crippen LogP contribution in [-0.2, 0) is 17.5 Å². The standard InChI is InChI=1S/C12H13F3N2O/c13-12(14,15)9-3-1-8(2-4-9)7-17-11(18)10-5-6-16-10/h1-4,10,16H,5-7H2,(H,17,18)/t10-/m1/s1. The maximum atomic E-state index is 12.3. The van der Waals surface area contributed by atoms with Crippen LogP contribution in [0.5, 0.6) is 0 Å². The van der Waals surface area contributed by atoms with E-state index in [2.05, 4.69) is 10.6 Å². The molecule has 3 nitrogen and oxygen atoms in total. The van der Waals surface area contributed by atoms with Crippen molar-refractivity contribution >= 4 is 5.91 Å². The number of hydrogen-bond donors (Lipinski definition) is 2. The second kappa shape index (κ2) is 4.97. The Labute approximate surface area is 102 Å². The van der Waals surface area contributed by atoms with Crippen LogP contribution in [0.3, 0.4) is 0 Å². The smallest absolute Gasteiger partial charge is 0.351 e. The summed E-state index contributed by atoms with van der Waals surface area (Å²) >= 11 is 0. The summed E-state index contributed by atoms with van der Waals surface area (Å²) in [5, 5.41) is 5.63. The van der Waals surface area contributed by atoms with Gasteiger partial charge in [0.15, 0.2) is 0 Å². The van der Waals surface area contributed by atoms with Gasteiger partial charge in [0.2, 0.25) is 5.91 Å². The lowest BCUT2D eigenvalue weighted by atomic mass is 10.1. The molecule has 1 heterocycles. The van der Waals surface area contributed by atoms with Crippen LogP contribution in [0.1, 0.15) is 17.5 Å². The molecule has 0 aromatic heterocycles. The lowest BCUT2D eigenvalue weighted by Gasteiger charge is -2.26. The summed E-state index contributed by atoms with van der Waals surface area (Å²) in [4.78, 5) is 11.5. The number of amides is 1. The second-order valence-corrected chi connectivity index (χ2v) is 4.21. The topological polar surface area (TPSA) is 41.1 Å². The Bertz CT molecular complexity index is 424. The predicted octanol–water partition coefficient (Wildman–Crippen LogP) is 1.68. The molecule has 1 aromatic carbocycles. The molecule has 1 saturated heterocycles. The monoisotopic (exact) mass is 258 g/mol. The highest BCUT2D eigenvalue weighted by molar-refractivity contribution is 5.82. The van der Waals surface area contributed by atoms with Crippen molar-refractivity contribution in [1.29, 1.82) is 0 Å². The Morgan fingerprint density at radius 3 is 2.39 bits per heavy atom. The minimum Gasteiger partial charge on any atom is -0.351 e. The third-order valence-corrected chi connectivity index (χ3v) is 2.89. The molecule has 1 aromatic rings. The highest BCUT2D eigenvalue weighted by atomic mass is 19.4. The van der Waals surface area contributed by atoms with Crippen LogP contribution in [0, 0.1) is 0 Å². The summed E-state index contributed by atoms with van der Waals surface area (Å²) in [5.74, 6) is -0.110. The van der Waals surface area contributed by atoms with Crippen LogP contribution in [0.2, 0.25) is 0 Å². The normalized spacial score (nSPS) is 19.2. The first kappa shape index (κ1) is 12.9. The number of carbonyl (C=O) groups excluding carboxylic acids is 1. The van der Waals surface area contributed by atoms with Gasteiger partial charge in [-0.25, -0.2) is 0 Å². The Balaban J connectivity index is 1.88. The van der Waals surface area contributed by atoms with E-state index >= 15 is 0 Å². The first-order valence-corrected chi connectivity index (χ1v) is 5.64. The Morgan fingerprint density at radius 2 is 1.94 bits per heavy atom. The number of halogens is 3. The fourth-order valence-corrected chi connectivity index (χ4v) is 1.64. The molecule has 0 aliphatic carbocycles. The van der Waals surface area contributed by atoms with Gasteiger partial charge in [0, 0.05) is 6.54 Å². The molecule has 18 heavy (non-hydrogen) atoms. The summed E-state index contributed by atoms with van der Waals surface area (Å²) in [5.41, 5.74) is -0.0334. The van der Waals surface area contributed by atoms with Gasteiger partial charge in [0.1, 0.15) is 0 Å². The van der Waals surface area contributed by atoms with Crippen LogP contribution in [0.25, 0.3) is 0 Å². The van der Waals surface area contributed by atoms with Crippen LogP contribution in [0.4, 0.5) is 13.2 Å². The van der Waals surface area contributed by atoms with Crippen molar-refractivity contribution in [2.45, 2.75) is 25.2 Å². The Morgan fingerprint density at radius 1 is 1.33 bits per heavy atom. The molecule has 1 aliphatic heterocycles. The number of rotatable bonds is 3. The number of nitrogens with one attached hydrogen (secondary N) is 2. The molecule has 1 fully saturated rings. The molecule has 0 saturated carbocycles. The van der Waals surface area contributed by atoms with Gasteiger partial charge < -0.3 is 10.6 Å². The number of benzene rings is 1. The van der Waals surface area contributed by atoms with Gasteiger partial charge in [0.25, 0.3) is 0 Å². The van der Waals surface area contributed by atoms with Gasteiger partial charge in [-0.05, 0) is 30.7 Å². The Hall–Kier alpha value is -1.56. The van der Waals surface area contributed by atoms with Crippen molar-refractivity contribution in [2.75, 3.05) is 6.54 Å². The van der Waals surface area contributed by atoms with Gasteiger partial charge in [-0.1, -0.05) is 12.1 Å². The van der Waals surface area contributed by atoms with E-state index in [-0.39, 0.29) is 18.5 Å². The van der Waals surface area contributed by atoms with E-state index in [9.17, 15) is 18.0 Å². The van der Waals surface area contributed by atoms with Gasteiger partial charge >= 0.3 is 6.18 Å². The molecule has 1 aliphatic rings. The quantitative estimate of drug-likeness (QED) is 0.866. The first-order chi connectivity index (χ1) is 8.47. The molecule has 0 bridgehead atoms. The van der Waals surface area contributed by atoms with Crippen LogP contribution in [0.15, 0.2) is 24.3 Å². The van der Waals surface area contributed by atoms with Gasteiger partial charge in [-0.15, -0.1) is 0 Å². The summed E-state index contributed by atoms with van der Waals surface area (Å²) < 4.78 is 36.9. The summed E-state index contributed by atoms with van der Waals surface area (Å²) in [6.07, 6.45) is -3.52. The largest absolute Gasteiger partial charge is 0.416 e. The summed E-state index contributed by atoms with van der Waals surface area (Å²) in [7, 11) is 0. The van der Waals surface area contributed by atoms with E-state index in [0.29, 0.717) is 5.56 Å². The SMILES string of the molecule is O=C(NCc1ccc(C(F)(F)F)cc1)[C@H]1CCN1. The molecule has 0 radical (unpaired) electrons. The van der Waals surface area contributed by atoms with Crippen LogP contribution < -0.4 is 10.6 Å². The highest BCUT2D eigenvalue weighted by Crippen LogP contribution is 2.29. The zero-order valence-corrected chi connectivity index (χ0v) is 9.55. The molecule has 2 rings (SSSR count). The Kier molecular flexibility index (Phi) is 3.56. The average molecular weight is 258 g/mol. The zero-order chi connectivity index (χ0) is 13.2. The third-order valence-electron chi connectivity index (χ3n) is 2.89. The van der Waals surface area contributed by atoms with Crippen molar-refractivity contribution in [3.63, 3.8) is 0 Å². The van der Waals surface area contributed by atoms with E-state index in [0.717, 1.165) is 25.1 Å². The van der Waals surface area contributed by atoms with Crippen molar-refractivity contribution in [3.05, 3.63) is 35.4 Å². The number of hydrogen-bond acceptors (Lipinski definition) is 2. The molecule has 1 atom stereocenters. The number of carbonyl (C=O) groups is 1. The minimum atomic E-state index is -4.32. The van der Waals surface area contributed by atoms with Crippen molar-refractivity contribution in [2.24, 2.45) is 0 Å². The fourth-order valence-electron chi connectivity index (χ4n) is 1.64. The highest BCUT2D eigenvalue weighted by Gasteiger charge is 2.30. The van der Waals surface area contributed by atoms with E-state index in [1.807, 2.05) is 0 Å². The predicted molar refractivity (Wildman–Crippen MR) is 59.7 cm³/mol. The molecule has 2 N–H and O–H groups in total. The molecule has 0 spiro atoms. The van der Waals surface area contributed by atoms with E-state index < -0.39 is 11.7 Å². The first-order valence-electron chi connectivity index (χ1n) is 5.64. The van der Waals surface area contributed by atoms with E-state index in [1.54, 1.807) is 0 Å². The molecular weight excluding hydrogens is 245 g/mol. The van der Waals surface area contributed by atoms with Crippen molar-refractivity contribution in [3.8, 4) is 0 Å². The van der Waals surface area contributed by atoms with Gasteiger partial charge in [-0.3, -0.25) is 4.79 Å². The van der Waals surface area contributed by atoms with Gasteiger partial charge in [-0.2, -0.15) is 13.2 Å². The lowest BCUT2D eigenvalue weighted by molar-refractivity contribution is -0.137. The molecule has 0 unspecified atom stereocenters. The molecule has 1 amide bonds. The van der Waals surface area contributed by atoms with E-state index in [4.69, 9.17) is 0 Å². The van der Waals surface area contributed by atoms with E-state index in [1.165, 1.54) is 12.1 Å². The maximum Gasteiger partial charge on any atom is 0.416 e. The van der Waals surface area contributed by atoms with Gasteiger partial charge in [0.05, 0.1) is 11.6 Å².